The van der Waals surface area contributed by atoms with E-state index in [1.165, 1.54) is 25.8 Å². The highest BCUT2D eigenvalue weighted by Crippen LogP contribution is 2.38. The standard InChI is InChI=1S/C30H35F3O5/c1-6-7-8-9-21-10-13-24(26(14-21)35-5)27-15-22-11-12-23(16-25(22)38-27)36-18-29(4,17-30(31,32)33)19-37-28(34)20(2)3/h10-16H,2,6-9,17-19H2,1,3-5H3. The van der Waals surface area contributed by atoms with Crippen LogP contribution in [0, 0.1) is 5.41 Å². The Hall–Kier alpha value is -3.42. The lowest BCUT2D eigenvalue weighted by Gasteiger charge is -2.30. The Labute approximate surface area is 221 Å². The fourth-order valence-electron chi connectivity index (χ4n) is 4.16. The van der Waals surface area contributed by atoms with Crippen molar-refractivity contribution in [1.29, 1.82) is 0 Å². The van der Waals surface area contributed by atoms with Crippen molar-refractivity contribution in [2.75, 3.05) is 20.3 Å². The minimum Gasteiger partial charge on any atom is -0.496 e. The number of esters is 1. The first-order chi connectivity index (χ1) is 17.9. The van der Waals surface area contributed by atoms with E-state index < -0.39 is 30.6 Å². The molecule has 0 N–H and O–H groups in total. The molecule has 8 heteroatoms. The number of halogens is 3. The van der Waals surface area contributed by atoms with Gasteiger partial charge >= 0.3 is 12.1 Å². The topological polar surface area (TPSA) is 57.9 Å². The summed E-state index contributed by atoms with van der Waals surface area (Å²) >= 11 is 0. The molecule has 0 aliphatic rings. The maximum Gasteiger partial charge on any atom is 0.389 e. The smallest absolute Gasteiger partial charge is 0.389 e. The van der Waals surface area contributed by atoms with E-state index >= 15 is 0 Å². The van der Waals surface area contributed by atoms with Gasteiger partial charge in [-0.15, -0.1) is 0 Å². The third-order valence-corrected chi connectivity index (χ3v) is 6.21. The third kappa shape index (κ3) is 8.04. The molecule has 1 unspecified atom stereocenters. The van der Waals surface area contributed by atoms with Gasteiger partial charge in [0.05, 0.1) is 25.7 Å². The van der Waals surface area contributed by atoms with Gasteiger partial charge in [0.25, 0.3) is 0 Å². The minimum absolute atomic E-state index is 0.113. The summed E-state index contributed by atoms with van der Waals surface area (Å²) in [5.41, 5.74) is 1.16. The summed E-state index contributed by atoms with van der Waals surface area (Å²) in [6.45, 7) is 7.66. The average molecular weight is 533 g/mol. The minimum atomic E-state index is -4.46. The zero-order valence-electron chi connectivity index (χ0n) is 22.4. The predicted molar refractivity (Wildman–Crippen MR) is 141 cm³/mol. The van der Waals surface area contributed by atoms with Crippen molar-refractivity contribution in [3.8, 4) is 22.8 Å². The van der Waals surface area contributed by atoms with Gasteiger partial charge < -0.3 is 18.6 Å². The Morgan fingerprint density at radius 1 is 1.05 bits per heavy atom. The van der Waals surface area contributed by atoms with Gasteiger partial charge in [-0.05, 0) is 55.7 Å². The van der Waals surface area contributed by atoms with Crippen LogP contribution >= 0.6 is 0 Å². The zero-order chi connectivity index (χ0) is 27.9. The van der Waals surface area contributed by atoms with Gasteiger partial charge in [0.1, 0.15) is 29.4 Å². The van der Waals surface area contributed by atoms with E-state index in [-0.39, 0.29) is 12.2 Å². The van der Waals surface area contributed by atoms with Crippen LogP contribution in [0.25, 0.3) is 22.3 Å². The van der Waals surface area contributed by atoms with Gasteiger partial charge in [0, 0.05) is 22.4 Å². The van der Waals surface area contributed by atoms with Crippen molar-refractivity contribution in [3.05, 3.63) is 60.2 Å². The van der Waals surface area contributed by atoms with E-state index in [2.05, 4.69) is 19.6 Å². The van der Waals surface area contributed by atoms with Crippen LogP contribution in [-0.2, 0) is 16.0 Å². The van der Waals surface area contributed by atoms with Crippen molar-refractivity contribution in [3.63, 3.8) is 0 Å². The molecular weight excluding hydrogens is 497 g/mol. The van der Waals surface area contributed by atoms with Crippen LogP contribution in [0.1, 0.15) is 52.0 Å². The van der Waals surface area contributed by atoms with Gasteiger partial charge in [-0.2, -0.15) is 13.2 Å². The Balaban J connectivity index is 1.78. The number of hydrogen-bond acceptors (Lipinski definition) is 5. The first-order valence-corrected chi connectivity index (χ1v) is 12.7. The van der Waals surface area contributed by atoms with Crippen molar-refractivity contribution < 1.29 is 36.6 Å². The van der Waals surface area contributed by atoms with Crippen LogP contribution < -0.4 is 9.47 Å². The van der Waals surface area contributed by atoms with Crippen LogP contribution in [0.3, 0.4) is 0 Å². The largest absolute Gasteiger partial charge is 0.496 e. The summed E-state index contributed by atoms with van der Waals surface area (Å²) in [4.78, 5) is 11.8. The van der Waals surface area contributed by atoms with E-state index in [9.17, 15) is 18.0 Å². The van der Waals surface area contributed by atoms with Gasteiger partial charge in [-0.25, -0.2) is 4.79 Å². The molecule has 0 saturated heterocycles. The molecule has 1 atom stereocenters. The molecule has 0 radical (unpaired) electrons. The summed E-state index contributed by atoms with van der Waals surface area (Å²) in [6.07, 6.45) is -1.21. The van der Waals surface area contributed by atoms with Crippen LogP contribution in [0.5, 0.6) is 11.5 Å². The predicted octanol–water partition coefficient (Wildman–Crippen LogP) is 8.30. The zero-order valence-corrected chi connectivity index (χ0v) is 22.4. The summed E-state index contributed by atoms with van der Waals surface area (Å²) in [7, 11) is 1.62. The van der Waals surface area contributed by atoms with E-state index in [1.807, 2.05) is 18.2 Å². The lowest BCUT2D eigenvalue weighted by atomic mass is 9.88. The molecule has 0 spiro atoms. The van der Waals surface area contributed by atoms with Crippen molar-refractivity contribution >= 4 is 16.9 Å². The highest BCUT2D eigenvalue weighted by atomic mass is 19.4. The number of carbonyl (C=O) groups is 1. The number of unbranched alkanes of at least 4 members (excludes halogenated alkanes) is 2. The quantitative estimate of drug-likeness (QED) is 0.126. The Kier molecular flexibility index (Phi) is 9.52. The Morgan fingerprint density at radius 3 is 2.47 bits per heavy atom. The maximum atomic E-state index is 13.3. The summed E-state index contributed by atoms with van der Waals surface area (Å²) < 4.78 is 62.2. The van der Waals surface area contributed by atoms with E-state index in [0.717, 1.165) is 30.2 Å². The van der Waals surface area contributed by atoms with Crippen LogP contribution in [-0.4, -0.2) is 32.5 Å². The average Bonchev–Trinajstić information content (AvgIpc) is 3.28. The molecule has 0 aliphatic carbocycles. The second kappa shape index (κ2) is 12.4. The normalized spacial score (nSPS) is 13.2. The number of fused-ring (bicyclic) bond motifs is 1. The summed E-state index contributed by atoms with van der Waals surface area (Å²) in [5, 5.41) is 0.815. The van der Waals surface area contributed by atoms with Gasteiger partial charge in [0.2, 0.25) is 0 Å². The number of rotatable bonds is 13. The van der Waals surface area contributed by atoms with Crippen LogP contribution in [0.4, 0.5) is 13.2 Å². The monoisotopic (exact) mass is 532 g/mol. The van der Waals surface area contributed by atoms with Gasteiger partial charge in [-0.1, -0.05) is 39.3 Å². The molecule has 0 bridgehead atoms. The van der Waals surface area contributed by atoms with Crippen LogP contribution in [0.15, 0.2) is 59.0 Å². The fraction of sp³-hybridized carbons (Fsp3) is 0.433. The molecule has 1 heterocycles. The molecule has 0 saturated carbocycles. The molecule has 2 aromatic carbocycles. The van der Waals surface area contributed by atoms with Crippen molar-refractivity contribution in [2.45, 2.75) is 59.1 Å². The highest BCUT2D eigenvalue weighted by molar-refractivity contribution is 5.87. The molecule has 206 valence electrons. The van der Waals surface area contributed by atoms with E-state index in [1.54, 1.807) is 25.3 Å². The summed E-state index contributed by atoms with van der Waals surface area (Å²) in [6, 6.07) is 13.0. The number of carbonyl (C=O) groups excluding carboxylic acids is 1. The summed E-state index contributed by atoms with van der Waals surface area (Å²) in [5.74, 6) is 0.924. The number of aryl methyl sites for hydroxylation is 1. The molecule has 38 heavy (non-hydrogen) atoms. The van der Waals surface area contributed by atoms with Crippen molar-refractivity contribution in [1.82, 2.24) is 0 Å². The fourth-order valence-corrected chi connectivity index (χ4v) is 4.16. The van der Waals surface area contributed by atoms with Crippen molar-refractivity contribution in [2.24, 2.45) is 5.41 Å². The molecule has 1 aromatic heterocycles. The number of methoxy groups -OCH3 is 1. The Bertz CT molecular complexity index is 1260. The van der Waals surface area contributed by atoms with Crippen LogP contribution in [0.2, 0.25) is 0 Å². The molecule has 3 rings (SSSR count). The van der Waals surface area contributed by atoms with E-state index in [0.29, 0.717) is 22.8 Å². The number of ether oxygens (including phenoxy) is 3. The molecule has 0 aliphatic heterocycles. The highest BCUT2D eigenvalue weighted by Gasteiger charge is 2.41. The van der Waals surface area contributed by atoms with Gasteiger partial charge in [-0.3, -0.25) is 0 Å². The lowest BCUT2D eigenvalue weighted by molar-refractivity contribution is -0.173. The number of alkyl halides is 3. The van der Waals surface area contributed by atoms with E-state index in [4.69, 9.17) is 18.6 Å². The lowest BCUT2D eigenvalue weighted by Crippen LogP contribution is -2.36. The van der Waals surface area contributed by atoms with Gasteiger partial charge in [0.15, 0.2) is 0 Å². The Morgan fingerprint density at radius 2 is 1.82 bits per heavy atom. The molecule has 5 nitrogen and oxygen atoms in total. The molecule has 0 amide bonds. The molecule has 0 fully saturated rings. The molecular formula is C30H35F3O5. The second-order valence-electron chi connectivity index (χ2n) is 10.0. The molecule has 3 aromatic rings. The third-order valence-electron chi connectivity index (χ3n) is 6.21. The maximum absolute atomic E-state index is 13.3. The number of benzene rings is 2. The SMILES string of the molecule is C=C(C)C(=O)OCC(C)(COc1ccc2cc(-c3ccc(CCCCC)cc3OC)oc2c1)CC(F)(F)F. The first-order valence-electron chi connectivity index (χ1n) is 12.7. The second-order valence-corrected chi connectivity index (χ2v) is 10.0. The number of hydrogen-bond donors (Lipinski definition) is 0. The number of furan rings is 1. The first kappa shape index (κ1) is 29.1.